The molecule has 3 nitrogen and oxygen atoms in total. The van der Waals surface area contributed by atoms with Gasteiger partial charge in [0, 0.05) is 0 Å². The maximum atomic E-state index is 10.3. The molecular weight excluding hydrogens is 168 g/mol. The van der Waals surface area contributed by atoms with Crippen LogP contribution in [-0.4, -0.2) is 11.3 Å². The first kappa shape index (κ1) is 9.58. The Hall–Kier alpha value is -1.51. The van der Waals surface area contributed by atoms with Gasteiger partial charge in [-0.25, -0.2) is 4.79 Å². The highest BCUT2D eigenvalue weighted by atomic mass is 16.7. The van der Waals surface area contributed by atoms with E-state index in [1.165, 1.54) is 0 Å². The SMILES string of the molecule is CCC(OC(=O)O)c1ccccc1. The molecule has 1 rings (SSSR count). The molecule has 0 bridgehead atoms. The van der Waals surface area contributed by atoms with Crippen molar-refractivity contribution in [2.24, 2.45) is 0 Å². The minimum absolute atomic E-state index is 0.348. The molecular formula is C10H12O3. The smallest absolute Gasteiger partial charge is 0.450 e. The van der Waals surface area contributed by atoms with E-state index in [9.17, 15) is 4.79 Å². The number of carboxylic acid groups (broad SMARTS) is 1. The quantitative estimate of drug-likeness (QED) is 0.727. The van der Waals surface area contributed by atoms with E-state index in [-0.39, 0.29) is 6.10 Å². The van der Waals surface area contributed by atoms with Crippen LogP contribution >= 0.6 is 0 Å². The Bertz CT molecular complexity index is 269. The Morgan fingerprint density at radius 2 is 2.08 bits per heavy atom. The standard InChI is InChI=1S/C10H12O3/c1-2-9(13-10(11)12)8-6-4-3-5-7-8/h3-7,9H,2H2,1H3,(H,11,12). The Morgan fingerprint density at radius 3 is 2.54 bits per heavy atom. The lowest BCUT2D eigenvalue weighted by atomic mass is 10.1. The van der Waals surface area contributed by atoms with Crippen LogP contribution in [0.4, 0.5) is 4.79 Å². The molecule has 0 spiro atoms. The third-order valence-corrected chi connectivity index (χ3v) is 1.79. The lowest BCUT2D eigenvalue weighted by molar-refractivity contribution is 0.0496. The molecule has 0 radical (unpaired) electrons. The van der Waals surface area contributed by atoms with Gasteiger partial charge in [0.15, 0.2) is 0 Å². The first-order valence-electron chi connectivity index (χ1n) is 4.18. The van der Waals surface area contributed by atoms with E-state index < -0.39 is 6.16 Å². The molecule has 0 aliphatic heterocycles. The van der Waals surface area contributed by atoms with Gasteiger partial charge < -0.3 is 9.84 Å². The van der Waals surface area contributed by atoms with Crippen molar-refractivity contribution in [3.63, 3.8) is 0 Å². The highest BCUT2D eigenvalue weighted by Crippen LogP contribution is 2.20. The molecule has 0 aromatic heterocycles. The zero-order chi connectivity index (χ0) is 9.68. The Labute approximate surface area is 77.0 Å². The van der Waals surface area contributed by atoms with Crippen molar-refractivity contribution >= 4 is 6.16 Å². The molecule has 1 aromatic carbocycles. The lowest BCUT2D eigenvalue weighted by Gasteiger charge is -2.13. The van der Waals surface area contributed by atoms with Gasteiger partial charge in [0.05, 0.1) is 0 Å². The topological polar surface area (TPSA) is 46.5 Å². The summed E-state index contributed by atoms with van der Waals surface area (Å²) in [6.07, 6.45) is -0.926. The molecule has 0 aliphatic carbocycles. The fraction of sp³-hybridized carbons (Fsp3) is 0.300. The van der Waals surface area contributed by atoms with Crippen molar-refractivity contribution in [1.29, 1.82) is 0 Å². The summed E-state index contributed by atoms with van der Waals surface area (Å²) in [6.45, 7) is 1.89. The summed E-state index contributed by atoms with van der Waals surface area (Å²) in [5, 5.41) is 8.45. The third-order valence-electron chi connectivity index (χ3n) is 1.79. The predicted molar refractivity (Wildman–Crippen MR) is 48.6 cm³/mol. The van der Waals surface area contributed by atoms with Crippen molar-refractivity contribution < 1.29 is 14.6 Å². The maximum Gasteiger partial charge on any atom is 0.506 e. The highest BCUT2D eigenvalue weighted by molar-refractivity contribution is 5.57. The van der Waals surface area contributed by atoms with Gasteiger partial charge in [-0.05, 0) is 12.0 Å². The Kier molecular flexibility index (Phi) is 3.31. The van der Waals surface area contributed by atoms with Gasteiger partial charge in [0.2, 0.25) is 0 Å². The zero-order valence-electron chi connectivity index (χ0n) is 7.43. The summed E-state index contributed by atoms with van der Waals surface area (Å²) < 4.78 is 4.70. The summed E-state index contributed by atoms with van der Waals surface area (Å²) >= 11 is 0. The number of ether oxygens (including phenoxy) is 1. The summed E-state index contributed by atoms with van der Waals surface area (Å²) in [5.74, 6) is 0. The van der Waals surface area contributed by atoms with Crippen LogP contribution in [0.2, 0.25) is 0 Å². The van der Waals surface area contributed by atoms with Gasteiger partial charge in [-0.1, -0.05) is 37.3 Å². The van der Waals surface area contributed by atoms with Crippen LogP contribution in [0.1, 0.15) is 25.0 Å². The molecule has 3 heteroatoms. The second-order valence-electron chi connectivity index (χ2n) is 2.69. The van der Waals surface area contributed by atoms with Crippen molar-refractivity contribution in [2.75, 3.05) is 0 Å². The number of carbonyl (C=O) groups is 1. The monoisotopic (exact) mass is 180 g/mol. The molecule has 70 valence electrons. The van der Waals surface area contributed by atoms with Gasteiger partial charge in [0.25, 0.3) is 0 Å². The van der Waals surface area contributed by atoms with E-state index in [2.05, 4.69) is 0 Å². The van der Waals surface area contributed by atoms with Crippen molar-refractivity contribution in [1.82, 2.24) is 0 Å². The molecule has 0 saturated heterocycles. The van der Waals surface area contributed by atoms with Crippen LogP contribution < -0.4 is 0 Å². The maximum absolute atomic E-state index is 10.3. The number of rotatable bonds is 3. The minimum atomic E-state index is -1.23. The summed E-state index contributed by atoms with van der Waals surface area (Å²) in [7, 11) is 0. The molecule has 0 fully saturated rings. The summed E-state index contributed by atoms with van der Waals surface area (Å²) in [5.41, 5.74) is 0.896. The average Bonchev–Trinajstić information content (AvgIpc) is 2.15. The van der Waals surface area contributed by atoms with Crippen LogP contribution in [0.15, 0.2) is 30.3 Å². The van der Waals surface area contributed by atoms with Crippen LogP contribution in [0.25, 0.3) is 0 Å². The lowest BCUT2D eigenvalue weighted by Crippen LogP contribution is -2.07. The fourth-order valence-corrected chi connectivity index (χ4v) is 1.18. The van der Waals surface area contributed by atoms with Crippen molar-refractivity contribution in [3.8, 4) is 0 Å². The molecule has 0 aliphatic rings. The molecule has 13 heavy (non-hydrogen) atoms. The molecule has 0 heterocycles. The molecule has 1 aromatic rings. The first-order valence-corrected chi connectivity index (χ1v) is 4.18. The van der Waals surface area contributed by atoms with E-state index in [1.807, 2.05) is 37.3 Å². The minimum Gasteiger partial charge on any atom is -0.450 e. The largest absolute Gasteiger partial charge is 0.506 e. The van der Waals surface area contributed by atoms with E-state index in [0.717, 1.165) is 5.56 Å². The van der Waals surface area contributed by atoms with E-state index in [4.69, 9.17) is 9.84 Å². The summed E-state index contributed by atoms with van der Waals surface area (Å²) in [4.78, 5) is 10.3. The number of benzene rings is 1. The van der Waals surface area contributed by atoms with Crippen LogP contribution in [0.5, 0.6) is 0 Å². The zero-order valence-corrected chi connectivity index (χ0v) is 7.43. The van der Waals surface area contributed by atoms with Crippen LogP contribution in [0, 0.1) is 0 Å². The molecule has 0 amide bonds. The van der Waals surface area contributed by atoms with Crippen LogP contribution in [-0.2, 0) is 4.74 Å². The molecule has 1 atom stereocenters. The van der Waals surface area contributed by atoms with Gasteiger partial charge in [-0.3, -0.25) is 0 Å². The van der Waals surface area contributed by atoms with Gasteiger partial charge in [-0.2, -0.15) is 0 Å². The van der Waals surface area contributed by atoms with E-state index in [1.54, 1.807) is 0 Å². The Balaban J connectivity index is 2.73. The molecule has 1 unspecified atom stereocenters. The normalized spacial score (nSPS) is 12.1. The highest BCUT2D eigenvalue weighted by Gasteiger charge is 2.12. The van der Waals surface area contributed by atoms with Crippen molar-refractivity contribution in [3.05, 3.63) is 35.9 Å². The van der Waals surface area contributed by atoms with Gasteiger partial charge in [-0.15, -0.1) is 0 Å². The Morgan fingerprint density at radius 1 is 1.46 bits per heavy atom. The van der Waals surface area contributed by atoms with Crippen LogP contribution in [0.3, 0.4) is 0 Å². The average molecular weight is 180 g/mol. The fourth-order valence-electron chi connectivity index (χ4n) is 1.18. The molecule has 0 saturated carbocycles. The van der Waals surface area contributed by atoms with E-state index >= 15 is 0 Å². The third kappa shape index (κ3) is 2.78. The van der Waals surface area contributed by atoms with Gasteiger partial charge >= 0.3 is 6.16 Å². The second-order valence-corrected chi connectivity index (χ2v) is 2.69. The number of hydrogen-bond donors (Lipinski definition) is 1. The predicted octanol–water partition coefficient (Wildman–Crippen LogP) is 2.83. The van der Waals surface area contributed by atoms with Gasteiger partial charge in [0.1, 0.15) is 6.10 Å². The number of hydrogen-bond acceptors (Lipinski definition) is 2. The molecule has 1 N–H and O–H groups in total. The van der Waals surface area contributed by atoms with Crippen molar-refractivity contribution in [2.45, 2.75) is 19.4 Å². The first-order chi connectivity index (χ1) is 6.24. The van der Waals surface area contributed by atoms with E-state index in [0.29, 0.717) is 6.42 Å². The summed E-state index contributed by atoms with van der Waals surface area (Å²) in [6, 6.07) is 9.33. The second kappa shape index (κ2) is 4.50.